The molecule has 4 heteroatoms. The number of aliphatic carboxylic acids is 1. The fourth-order valence-corrected chi connectivity index (χ4v) is 14.4. The molecule has 0 aromatic carbocycles. The zero-order valence-electron chi connectivity index (χ0n) is 61.2. The normalized spacial score (nSPS) is 12.8. The third-order valence-electron chi connectivity index (χ3n) is 20.9. The number of hydrogen-bond acceptors (Lipinski definition) is 3. The first kappa shape index (κ1) is 87.1. The van der Waals surface area contributed by atoms with Crippen LogP contribution in [0, 0.1) is 11.8 Å². The van der Waals surface area contributed by atoms with Gasteiger partial charge in [0, 0.05) is 12.3 Å². The average Bonchev–Trinajstić information content (AvgIpc) is 3.55. The molecule has 0 radical (unpaired) electrons. The standard InChI is InChI=1S/C84H166O4/c1-4-6-8-10-12-14-16-18-20-22-23-24-39-42-45-49-53-57-61-65-69-73-77-81(84(87)88)83(86)79-75-71-67-63-59-55-51-47-44-41-38-36-34-32-30-28-26-25-27-29-31-33-35-37-40-43-46-50-54-58-62-66-70-74-78-82(85)80(3)76-72-68-64-60-56-52-48-21-19-17-15-13-11-9-7-5-2/h80-81,83,86H,4-79H2,1-3H3,(H,87,88). The summed E-state index contributed by atoms with van der Waals surface area (Å²) in [5.74, 6) is -0.572. The fraction of sp³-hybridized carbons (Fsp3) is 0.976. The van der Waals surface area contributed by atoms with Crippen molar-refractivity contribution >= 4 is 11.8 Å². The number of hydrogen-bond donors (Lipinski definition) is 2. The third kappa shape index (κ3) is 71.0. The van der Waals surface area contributed by atoms with E-state index in [2.05, 4.69) is 20.8 Å². The highest BCUT2D eigenvalue weighted by Crippen LogP contribution is 2.24. The molecule has 0 amide bonds. The summed E-state index contributed by atoms with van der Waals surface area (Å²) in [7, 11) is 0. The monoisotopic (exact) mass is 1240 g/mol. The summed E-state index contributed by atoms with van der Waals surface area (Å²) in [5, 5.41) is 20.5. The number of carboxylic acids is 1. The Labute approximate surface area is 555 Å². The van der Waals surface area contributed by atoms with Gasteiger partial charge in [-0.25, -0.2) is 0 Å². The van der Waals surface area contributed by atoms with Gasteiger partial charge >= 0.3 is 5.97 Å². The van der Waals surface area contributed by atoms with Gasteiger partial charge in [0.1, 0.15) is 5.78 Å². The fourth-order valence-electron chi connectivity index (χ4n) is 14.4. The molecule has 0 rings (SSSR count). The van der Waals surface area contributed by atoms with Crippen molar-refractivity contribution in [3.8, 4) is 0 Å². The summed E-state index contributed by atoms with van der Waals surface area (Å²) in [6, 6.07) is 0. The van der Waals surface area contributed by atoms with Crippen molar-refractivity contribution in [1.29, 1.82) is 0 Å². The van der Waals surface area contributed by atoms with Crippen LogP contribution in [0.4, 0.5) is 0 Å². The van der Waals surface area contributed by atoms with Gasteiger partial charge < -0.3 is 10.2 Å². The molecule has 0 heterocycles. The minimum Gasteiger partial charge on any atom is -0.481 e. The maximum atomic E-state index is 12.7. The van der Waals surface area contributed by atoms with Crippen molar-refractivity contribution in [1.82, 2.24) is 0 Å². The molecule has 0 aromatic rings. The summed E-state index contributed by atoms with van der Waals surface area (Å²) < 4.78 is 0. The second-order valence-corrected chi connectivity index (χ2v) is 29.7. The number of aliphatic hydroxyl groups is 1. The number of rotatable bonds is 80. The molecular weight excluding hydrogens is 1070 g/mol. The first-order chi connectivity index (χ1) is 43.4. The van der Waals surface area contributed by atoms with Crippen LogP contribution in [0.5, 0.6) is 0 Å². The molecule has 4 nitrogen and oxygen atoms in total. The molecule has 0 fully saturated rings. The molecule has 0 saturated heterocycles. The van der Waals surface area contributed by atoms with E-state index in [0.717, 1.165) is 44.9 Å². The highest BCUT2D eigenvalue weighted by Gasteiger charge is 2.25. The topological polar surface area (TPSA) is 74.6 Å². The first-order valence-corrected chi connectivity index (χ1v) is 41.9. The van der Waals surface area contributed by atoms with Crippen LogP contribution in [0.1, 0.15) is 509 Å². The summed E-state index contributed by atoms with van der Waals surface area (Å²) in [5.41, 5.74) is 0. The number of unbranched alkanes of at least 4 members (excludes halogenated alkanes) is 69. The molecule has 526 valence electrons. The molecule has 0 bridgehead atoms. The maximum Gasteiger partial charge on any atom is 0.309 e. The second kappa shape index (κ2) is 76.8. The van der Waals surface area contributed by atoms with Crippen LogP contribution in [0.3, 0.4) is 0 Å². The van der Waals surface area contributed by atoms with Gasteiger partial charge in [-0.3, -0.25) is 9.59 Å². The zero-order chi connectivity index (χ0) is 63.6. The van der Waals surface area contributed by atoms with Gasteiger partial charge in [0.2, 0.25) is 0 Å². The van der Waals surface area contributed by atoms with Crippen molar-refractivity contribution in [3.63, 3.8) is 0 Å². The van der Waals surface area contributed by atoms with Crippen LogP contribution < -0.4 is 0 Å². The molecule has 0 aromatic heterocycles. The average molecular weight is 1240 g/mol. The molecule has 3 atom stereocenters. The van der Waals surface area contributed by atoms with Gasteiger partial charge in [0.25, 0.3) is 0 Å². The molecule has 0 aliphatic rings. The van der Waals surface area contributed by atoms with E-state index in [-0.39, 0.29) is 5.92 Å². The van der Waals surface area contributed by atoms with Gasteiger partial charge in [-0.15, -0.1) is 0 Å². The van der Waals surface area contributed by atoms with Gasteiger partial charge in [0.15, 0.2) is 0 Å². The maximum absolute atomic E-state index is 12.7. The van der Waals surface area contributed by atoms with E-state index in [1.165, 1.54) is 430 Å². The number of carbonyl (C=O) groups is 2. The Hall–Kier alpha value is -0.900. The summed E-state index contributed by atoms with van der Waals surface area (Å²) in [4.78, 5) is 24.6. The van der Waals surface area contributed by atoms with Crippen LogP contribution in [0.15, 0.2) is 0 Å². The summed E-state index contributed by atoms with van der Waals surface area (Å²) in [6.07, 6.45) is 102. The van der Waals surface area contributed by atoms with Crippen LogP contribution in [-0.2, 0) is 9.59 Å². The quantitative estimate of drug-likeness (QED) is 0.0595. The molecular formula is C84H166O4. The number of carbonyl (C=O) groups excluding carboxylic acids is 1. The van der Waals surface area contributed by atoms with E-state index < -0.39 is 18.0 Å². The zero-order valence-corrected chi connectivity index (χ0v) is 61.2. The Bertz CT molecular complexity index is 1300. The SMILES string of the molecule is CCCCCCCCCCCCCCCCCCCCCCCCC(C(=O)O)C(O)CCCCCCCCCCCCCCCCCCCCCCCCCCCCCCCCCCCCC(=O)C(C)CCCCCCCCCCCCCCCCCC. The van der Waals surface area contributed by atoms with Gasteiger partial charge in [0.05, 0.1) is 12.0 Å². The highest BCUT2D eigenvalue weighted by molar-refractivity contribution is 5.80. The second-order valence-electron chi connectivity index (χ2n) is 29.7. The molecule has 0 aliphatic carbocycles. The van der Waals surface area contributed by atoms with Crippen molar-refractivity contribution in [2.75, 3.05) is 0 Å². The summed E-state index contributed by atoms with van der Waals surface area (Å²) >= 11 is 0. The molecule has 0 spiro atoms. The van der Waals surface area contributed by atoms with Crippen molar-refractivity contribution in [2.24, 2.45) is 11.8 Å². The van der Waals surface area contributed by atoms with Crippen molar-refractivity contribution < 1.29 is 19.8 Å². The Morgan fingerprint density at radius 3 is 0.580 bits per heavy atom. The number of ketones is 1. The van der Waals surface area contributed by atoms with E-state index in [0.29, 0.717) is 18.6 Å². The lowest BCUT2D eigenvalue weighted by atomic mass is 9.91. The van der Waals surface area contributed by atoms with Crippen LogP contribution >= 0.6 is 0 Å². The van der Waals surface area contributed by atoms with Crippen LogP contribution in [0.25, 0.3) is 0 Å². The largest absolute Gasteiger partial charge is 0.481 e. The van der Waals surface area contributed by atoms with Crippen LogP contribution in [-0.4, -0.2) is 28.1 Å². The predicted molar refractivity (Wildman–Crippen MR) is 394 cm³/mol. The van der Waals surface area contributed by atoms with Crippen molar-refractivity contribution in [3.05, 3.63) is 0 Å². The minimum absolute atomic E-state index is 0.281. The molecule has 3 unspecified atom stereocenters. The van der Waals surface area contributed by atoms with Crippen LogP contribution in [0.2, 0.25) is 0 Å². The van der Waals surface area contributed by atoms with Gasteiger partial charge in [-0.2, -0.15) is 0 Å². The molecule has 0 aliphatic heterocycles. The Morgan fingerprint density at radius 1 is 0.227 bits per heavy atom. The van der Waals surface area contributed by atoms with E-state index in [4.69, 9.17) is 0 Å². The molecule has 2 N–H and O–H groups in total. The van der Waals surface area contributed by atoms with E-state index in [1.807, 2.05) is 0 Å². The lowest BCUT2D eigenvalue weighted by molar-refractivity contribution is -0.146. The Kier molecular flexibility index (Phi) is 76.0. The minimum atomic E-state index is -0.801. The third-order valence-corrected chi connectivity index (χ3v) is 20.9. The van der Waals surface area contributed by atoms with Gasteiger partial charge in [-0.1, -0.05) is 477 Å². The number of aliphatic hydroxyl groups excluding tert-OH is 1. The van der Waals surface area contributed by atoms with Gasteiger partial charge in [-0.05, 0) is 25.7 Å². The lowest BCUT2D eigenvalue weighted by Gasteiger charge is -2.19. The predicted octanol–water partition coefficient (Wildman–Crippen LogP) is 29.9. The van der Waals surface area contributed by atoms with E-state index in [1.54, 1.807) is 0 Å². The molecule has 88 heavy (non-hydrogen) atoms. The first-order valence-electron chi connectivity index (χ1n) is 41.9. The Morgan fingerprint density at radius 2 is 0.386 bits per heavy atom. The Balaban J connectivity index is 3.34. The smallest absolute Gasteiger partial charge is 0.309 e. The highest BCUT2D eigenvalue weighted by atomic mass is 16.4. The van der Waals surface area contributed by atoms with E-state index in [9.17, 15) is 19.8 Å². The molecule has 0 saturated carbocycles. The number of Topliss-reactive ketones (excluding diaryl/α,β-unsaturated/α-hetero) is 1. The number of carboxylic acid groups (broad SMARTS) is 1. The summed E-state index contributed by atoms with van der Waals surface area (Å²) in [6.45, 7) is 6.79. The lowest BCUT2D eigenvalue weighted by Crippen LogP contribution is -2.28. The van der Waals surface area contributed by atoms with Crippen molar-refractivity contribution in [2.45, 2.75) is 515 Å². The van der Waals surface area contributed by atoms with E-state index >= 15 is 0 Å².